The lowest BCUT2D eigenvalue weighted by Gasteiger charge is -2.08. The van der Waals surface area contributed by atoms with Crippen LogP contribution in [0.2, 0.25) is 0 Å². The summed E-state index contributed by atoms with van der Waals surface area (Å²) in [6, 6.07) is 13.5. The van der Waals surface area contributed by atoms with Crippen LogP contribution in [0.25, 0.3) is 0 Å². The first kappa shape index (κ1) is 11.9. The van der Waals surface area contributed by atoms with E-state index in [1.165, 1.54) is 12.1 Å². The highest BCUT2D eigenvalue weighted by atomic mass is 19.1. The van der Waals surface area contributed by atoms with Gasteiger partial charge in [0.05, 0.1) is 11.3 Å². The Morgan fingerprint density at radius 3 is 2.78 bits per heavy atom. The predicted octanol–water partition coefficient (Wildman–Crippen LogP) is 2.89. The van der Waals surface area contributed by atoms with Crippen molar-refractivity contribution in [3.8, 4) is 6.07 Å². The molecule has 2 aromatic carbocycles. The van der Waals surface area contributed by atoms with Gasteiger partial charge in [0, 0.05) is 12.2 Å². The Bertz CT molecular complexity index is 602. The Kier molecular flexibility index (Phi) is 3.44. The van der Waals surface area contributed by atoms with Crippen LogP contribution in [0.3, 0.4) is 0 Å². The molecule has 0 atom stereocenters. The zero-order valence-corrected chi connectivity index (χ0v) is 9.65. The normalized spacial score (nSPS) is 9.78. The van der Waals surface area contributed by atoms with Crippen LogP contribution in [-0.4, -0.2) is 0 Å². The van der Waals surface area contributed by atoms with Crippen LogP contribution in [0.1, 0.15) is 11.1 Å². The van der Waals surface area contributed by atoms with Crippen LogP contribution in [0, 0.1) is 17.1 Å². The largest absolute Gasteiger partial charge is 0.399 e. The zero-order valence-electron chi connectivity index (χ0n) is 9.65. The SMILES string of the molecule is N#Cc1cc(F)ccc1NCc1cccc(N)c1. The summed E-state index contributed by atoms with van der Waals surface area (Å²) in [5, 5.41) is 12.0. The van der Waals surface area contributed by atoms with Crippen molar-refractivity contribution in [2.45, 2.75) is 6.54 Å². The van der Waals surface area contributed by atoms with Crippen molar-refractivity contribution in [3.63, 3.8) is 0 Å². The highest BCUT2D eigenvalue weighted by Gasteiger charge is 2.03. The molecule has 0 aromatic heterocycles. The lowest BCUT2D eigenvalue weighted by Crippen LogP contribution is -2.02. The van der Waals surface area contributed by atoms with Gasteiger partial charge >= 0.3 is 0 Å². The molecule has 0 saturated carbocycles. The second-order valence-corrected chi connectivity index (χ2v) is 3.90. The van der Waals surface area contributed by atoms with E-state index in [4.69, 9.17) is 11.0 Å². The van der Waals surface area contributed by atoms with Gasteiger partial charge in [-0.05, 0) is 35.9 Å². The van der Waals surface area contributed by atoms with Crippen LogP contribution in [-0.2, 0) is 6.54 Å². The Morgan fingerprint density at radius 2 is 2.06 bits per heavy atom. The number of nitrogens with zero attached hydrogens (tertiary/aromatic N) is 1. The molecular weight excluding hydrogens is 229 g/mol. The third-order valence-corrected chi connectivity index (χ3v) is 2.54. The lowest BCUT2D eigenvalue weighted by atomic mass is 10.1. The molecule has 0 heterocycles. The van der Waals surface area contributed by atoms with Crippen molar-refractivity contribution >= 4 is 11.4 Å². The van der Waals surface area contributed by atoms with E-state index in [1.54, 1.807) is 6.07 Å². The summed E-state index contributed by atoms with van der Waals surface area (Å²) in [5.74, 6) is -0.416. The summed E-state index contributed by atoms with van der Waals surface area (Å²) >= 11 is 0. The number of rotatable bonds is 3. The van der Waals surface area contributed by atoms with Gasteiger partial charge in [-0.25, -0.2) is 4.39 Å². The molecule has 0 saturated heterocycles. The number of hydrogen-bond acceptors (Lipinski definition) is 3. The Labute approximate surface area is 105 Å². The molecule has 4 heteroatoms. The summed E-state index contributed by atoms with van der Waals surface area (Å²) < 4.78 is 13.0. The lowest BCUT2D eigenvalue weighted by molar-refractivity contribution is 0.627. The number of halogens is 1. The van der Waals surface area contributed by atoms with Gasteiger partial charge in [-0.2, -0.15) is 5.26 Å². The minimum Gasteiger partial charge on any atom is -0.399 e. The summed E-state index contributed by atoms with van der Waals surface area (Å²) in [6.07, 6.45) is 0. The number of anilines is 2. The fourth-order valence-corrected chi connectivity index (χ4v) is 1.66. The van der Waals surface area contributed by atoms with E-state index in [-0.39, 0.29) is 0 Å². The van der Waals surface area contributed by atoms with Crippen molar-refractivity contribution in [3.05, 3.63) is 59.4 Å². The van der Waals surface area contributed by atoms with E-state index in [9.17, 15) is 4.39 Å². The Balaban J connectivity index is 2.14. The minimum atomic E-state index is -0.416. The van der Waals surface area contributed by atoms with E-state index >= 15 is 0 Å². The highest BCUT2D eigenvalue weighted by molar-refractivity contribution is 5.57. The Hall–Kier alpha value is -2.54. The average molecular weight is 241 g/mol. The van der Waals surface area contributed by atoms with Gasteiger partial charge in [-0.1, -0.05) is 12.1 Å². The van der Waals surface area contributed by atoms with Gasteiger partial charge in [-0.3, -0.25) is 0 Å². The summed E-state index contributed by atoms with van der Waals surface area (Å²) in [7, 11) is 0. The van der Waals surface area contributed by atoms with Crippen molar-refractivity contribution in [1.29, 1.82) is 5.26 Å². The van der Waals surface area contributed by atoms with Crippen molar-refractivity contribution in [2.75, 3.05) is 11.1 Å². The fourth-order valence-electron chi connectivity index (χ4n) is 1.66. The summed E-state index contributed by atoms with van der Waals surface area (Å²) in [6.45, 7) is 0.533. The molecule has 0 amide bonds. The molecule has 90 valence electrons. The Morgan fingerprint density at radius 1 is 1.22 bits per heavy atom. The summed E-state index contributed by atoms with van der Waals surface area (Å²) in [4.78, 5) is 0. The van der Waals surface area contributed by atoms with Gasteiger partial charge < -0.3 is 11.1 Å². The molecule has 3 nitrogen and oxygen atoms in total. The molecular formula is C14H12FN3. The molecule has 3 N–H and O–H groups in total. The monoisotopic (exact) mass is 241 g/mol. The third-order valence-electron chi connectivity index (χ3n) is 2.54. The number of nitrogens with one attached hydrogen (secondary N) is 1. The van der Waals surface area contributed by atoms with E-state index < -0.39 is 5.82 Å². The molecule has 0 bridgehead atoms. The van der Waals surface area contributed by atoms with Gasteiger partial charge in [-0.15, -0.1) is 0 Å². The van der Waals surface area contributed by atoms with Gasteiger partial charge in [0.2, 0.25) is 0 Å². The van der Waals surface area contributed by atoms with E-state index in [0.717, 1.165) is 5.56 Å². The minimum absolute atomic E-state index is 0.291. The van der Waals surface area contributed by atoms with Crippen molar-refractivity contribution in [2.24, 2.45) is 0 Å². The molecule has 0 unspecified atom stereocenters. The first-order valence-corrected chi connectivity index (χ1v) is 5.47. The molecule has 0 fully saturated rings. The van der Waals surface area contributed by atoms with Crippen LogP contribution < -0.4 is 11.1 Å². The number of nitriles is 1. The topological polar surface area (TPSA) is 61.8 Å². The second-order valence-electron chi connectivity index (χ2n) is 3.90. The number of nitrogen functional groups attached to an aromatic ring is 1. The number of benzene rings is 2. The average Bonchev–Trinajstić information content (AvgIpc) is 2.37. The first-order valence-electron chi connectivity index (χ1n) is 5.47. The highest BCUT2D eigenvalue weighted by Crippen LogP contribution is 2.17. The van der Waals surface area contributed by atoms with Crippen LogP contribution in [0.15, 0.2) is 42.5 Å². The number of hydrogen-bond donors (Lipinski definition) is 2. The maximum atomic E-state index is 13.0. The van der Waals surface area contributed by atoms with Crippen molar-refractivity contribution < 1.29 is 4.39 Å². The standard InChI is InChI=1S/C14H12FN3/c15-12-4-5-14(11(7-12)8-16)18-9-10-2-1-3-13(17)6-10/h1-7,18H,9,17H2. The predicted molar refractivity (Wildman–Crippen MR) is 69.3 cm³/mol. The number of nitrogens with two attached hydrogens (primary N) is 1. The van der Waals surface area contributed by atoms with E-state index in [1.807, 2.05) is 30.3 Å². The first-order chi connectivity index (χ1) is 8.69. The molecule has 0 aliphatic rings. The zero-order chi connectivity index (χ0) is 13.0. The molecule has 0 spiro atoms. The smallest absolute Gasteiger partial charge is 0.124 e. The summed E-state index contributed by atoms with van der Waals surface area (Å²) in [5.41, 5.74) is 8.27. The third kappa shape index (κ3) is 2.77. The van der Waals surface area contributed by atoms with Gasteiger partial charge in [0.1, 0.15) is 11.9 Å². The maximum Gasteiger partial charge on any atom is 0.124 e. The molecule has 2 rings (SSSR count). The van der Waals surface area contributed by atoms with Gasteiger partial charge in [0.25, 0.3) is 0 Å². The molecule has 2 aromatic rings. The molecule has 0 aliphatic heterocycles. The van der Waals surface area contributed by atoms with Crippen LogP contribution >= 0.6 is 0 Å². The van der Waals surface area contributed by atoms with E-state index in [2.05, 4.69) is 5.32 Å². The van der Waals surface area contributed by atoms with Crippen LogP contribution in [0.4, 0.5) is 15.8 Å². The maximum absolute atomic E-state index is 13.0. The van der Waals surface area contributed by atoms with Crippen LogP contribution in [0.5, 0.6) is 0 Å². The van der Waals surface area contributed by atoms with Gasteiger partial charge in [0.15, 0.2) is 0 Å². The van der Waals surface area contributed by atoms with E-state index in [0.29, 0.717) is 23.5 Å². The quantitative estimate of drug-likeness (QED) is 0.812. The fraction of sp³-hybridized carbons (Fsp3) is 0.0714. The molecule has 0 aliphatic carbocycles. The molecule has 18 heavy (non-hydrogen) atoms. The second kappa shape index (κ2) is 5.19. The van der Waals surface area contributed by atoms with Crippen molar-refractivity contribution in [1.82, 2.24) is 0 Å². The molecule has 0 radical (unpaired) electrons.